The zero-order valence-corrected chi connectivity index (χ0v) is 16.8. The monoisotopic (exact) mass is 366 g/mol. The van der Waals surface area contributed by atoms with Gasteiger partial charge in [0, 0.05) is 26.2 Å². The largest absolute Gasteiger partial charge is 0.326 e. The maximum Gasteiger partial charge on any atom is 0.0300 e. The van der Waals surface area contributed by atoms with Crippen molar-refractivity contribution in [3.63, 3.8) is 0 Å². The number of rotatable bonds is 10. The van der Waals surface area contributed by atoms with Crippen LogP contribution in [0.4, 0.5) is 0 Å². The Morgan fingerprint density at radius 3 is 2.42 bits per heavy atom. The van der Waals surface area contributed by atoms with E-state index in [-0.39, 0.29) is 0 Å². The lowest BCUT2D eigenvalue weighted by Gasteiger charge is -2.24. The first kappa shape index (κ1) is 20.5. The summed E-state index contributed by atoms with van der Waals surface area (Å²) in [7, 11) is 0. The first-order valence-corrected chi connectivity index (χ1v) is 10.0. The Morgan fingerprint density at radius 1 is 1.08 bits per heavy atom. The van der Waals surface area contributed by atoms with E-state index in [9.17, 15) is 0 Å². The van der Waals surface area contributed by atoms with Crippen molar-refractivity contribution in [2.75, 3.05) is 6.54 Å². The van der Waals surface area contributed by atoms with Crippen LogP contribution in [0.3, 0.4) is 0 Å². The van der Waals surface area contributed by atoms with Crippen molar-refractivity contribution in [2.45, 2.75) is 39.9 Å². The van der Waals surface area contributed by atoms with Gasteiger partial charge >= 0.3 is 0 Å². The summed E-state index contributed by atoms with van der Waals surface area (Å²) in [5.41, 5.74) is 10.9. The van der Waals surface area contributed by atoms with Crippen LogP contribution in [0, 0.1) is 6.92 Å². The normalized spacial score (nSPS) is 11.8. The molecular weight excluding hydrogens is 336 g/mol. The summed E-state index contributed by atoms with van der Waals surface area (Å²) < 4.78 is 0. The van der Waals surface area contributed by atoms with Crippen LogP contribution in [0.5, 0.6) is 0 Å². The second-order valence-electron chi connectivity index (χ2n) is 6.52. The molecule has 3 heteroatoms. The molecule has 0 fully saturated rings. The van der Waals surface area contributed by atoms with E-state index in [4.69, 9.17) is 5.73 Å². The quantitative estimate of drug-likeness (QED) is 0.591. The van der Waals surface area contributed by atoms with Crippen LogP contribution in [-0.4, -0.2) is 11.4 Å². The zero-order chi connectivity index (χ0) is 18.8. The van der Waals surface area contributed by atoms with Gasteiger partial charge in [0.25, 0.3) is 0 Å². The number of hydrogen-bond donors (Lipinski definition) is 1. The summed E-state index contributed by atoms with van der Waals surface area (Å²) >= 11 is 1.72. The Hall–Kier alpha value is -1.81. The molecule has 0 bridgehead atoms. The van der Waals surface area contributed by atoms with Crippen molar-refractivity contribution in [2.24, 2.45) is 5.73 Å². The zero-order valence-electron chi connectivity index (χ0n) is 15.9. The first-order valence-electron chi connectivity index (χ1n) is 9.17. The summed E-state index contributed by atoms with van der Waals surface area (Å²) in [5, 5.41) is 1.92. The molecule has 0 saturated carbocycles. The van der Waals surface area contributed by atoms with Crippen molar-refractivity contribution in [1.82, 2.24) is 4.90 Å². The molecule has 0 saturated heterocycles. The predicted molar refractivity (Wildman–Crippen MR) is 116 cm³/mol. The van der Waals surface area contributed by atoms with E-state index in [0.717, 1.165) is 26.1 Å². The smallest absolute Gasteiger partial charge is 0.0300 e. The number of aryl methyl sites for hydroxylation is 1. The van der Waals surface area contributed by atoms with E-state index in [0.29, 0.717) is 6.54 Å². The third kappa shape index (κ3) is 6.83. The van der Waals surface area contributed by atoms with Crippen LogP contribution in [0.1, 0.15) is 35.6 Å². The van der Waals surface area contributed by atoms with Crippen LogP contribution in [0.15, 0.2) is 71.5 Å². The van der Waals surface area contributed by atoms with Gasteiger partial charge in [0.15, 0.2) is 0 Å². The average Bonchev–Trinajstić information content (AvgIpc) is 2.64. The summed E-state index contributed by atoms with van der Waals surface area (Å²) in [4.78, 5) is 3.84. The summed E-state index contributed by atoms with van der Waals surface area (Å²) in [6.45, 7) is 11.5. The van der Waals surface area contributed by atoms with Crippen LogP contribution in [0.2, 0.25) is 0 Å². The third-order valence-electron chi connectivity index (χ3n) is 4.21. The Bertz CT molecular complexity index is 719. The Balaban J connectivity index is 2.19. The summed E-state index contributed by atoms with van der Waals surface area (Å²) in [6.07, 6.45) is 3.34. The van der Waals surface area contributed by atoms with Gasteiger partial charge in [-0.15, -0.1) is 11.8 Å². The fraction of sp³-hybridized carbons (Fsp3) is 0.304. The summed E-state index contributed by atoms with van der Waals surface area (Å²) in [6, 6.07) is 17.4. The van der Waals surface area contributed by atoms with E-state index >= 15 is 0 Å². The van der Waals surface area contributed by atoms with Gasteiger partial charge < -0.3 is 5.73 Å². The fourth-order valence-corrected chi connectivity index (χ4v) is 3.67. The van der Waals surface area contributed by atoms with Crippen LogP contribution in [0.25, 0.3) is 0 Å². The molecule has 0 radical (unpaired) electrons. The van der Waals surface area contributed by atoms with Crippen molar-refractivity contribution < 1.29 is 0 Å². The third-order valence-corrected chi connectivity index (χ3v) is 4.97. The summed E-state index contributed by atoms with van der Waals surface area (Å²) in [5.74, 6) is 0. The molecule has 0 unspecified atom stereocenters. The minimum Gasteiger partial charge on any atom is -0.326 e. The molecule has 2 aromatic carbocycles. The van der Waals surface area contributed by atoms with Gasteiger partial charge in [-0.25, -0.2) is 0 Å². The molecule has 0 heterocycles. The molecule has 0 amide bonds. The van der Waals surface area contributed by atoms with E-state index in [1.165, 1.54) is 27.2 Å². The van der Waals surface area contributed by atoms with Crippen molar-refractivity contribution in [3.8, 4) is 0 Å². The molecule has 0 aromatic heterocycles. The van der Waals surface area contributed by atoms with E-state index in [2.05, 4.69) is 79.9 Å². The first-order chi connectivity index (χ1) is 12.6. The van der Waals surface area contributed by atoms with Crippen LogP contribution >= 0.6 is 11.8 Å². The lowest BCUT2D eigenvalue weighted by atomic mass is 10.1. The Kier molecular flexibility index (Phi) is 8.69. The lowest BCUT2D eigenvalue weighted by Crippen LogP contribution is -2.24. The van der Waals surface area contributed by atoms with Crippen LogP contribution < -0.4 is 5.73 Å². The standard InChI is InChI=1S/C23H30N2S/c1-4-7-23(26-5-2)18-25(16-20-12-10-19(3)11-13-20)17-22-9-6-8-21(14-22)15-24/h5-14H,2,4,15-18,24H2,1,3H3/b23-7-. The minimum atomic E-state index is 0.582. The molecular formula is C23H30N2S. The molecule has 26 heavy (non-hydrogen) atoms. The molecule has 2 nitrogen and oxygen atoms in total. The lowest BCUT2D eigenvalue weighted by molar-refractivity contribution is 0.284. The van der Waals surface area contributed by atoms with Gasteiger partial charge in [0.05, 0.1) is 0 Å². The molecule has 0 aliphatic heterocycles. The van der Waals surface area contributed by atoms with E-state index < -0.39 is 0 Å². The molecule has 138 valence electrons. The SMILES string of the molecule is C=CS/C(=C\CC)CN(Cc1ccc(C)cc1)Cc1cccc(CN)c1. The maximum absolute atomic E-state index is 5.81. The molecule has 2 N–H and O–H groups in total. The molecule has 2 rings (SSSR count). The highest BCUT2D eigenvalue weighted by Gasteiger charge is 2.10. The van der Waals surface area contributed by atoms with E-state index in [1.54, 1.807) is 11.8 Å². The molecule has 0 aliphatic rings. The second-order valence-corrected chi connectivity index (χ2v) is 7.61. The molecule has 0 aliphatic carbocycles. The highest BCUT2D eigenvalue weighted by atomic mass is 32.2. The Labute approximate surface area is 162 Å². The van der Waals surface area contributed by atoms with Gasteiger partial charge in [0.2, 0.25) is 0 Å². The number of benzene rings is 2. The number of thioether (sulfide) groups is 1. The number of hydrogen-bond acceptors (Lipinski definition) is 3. The molecule has 2 aromatic rings. The van der Waals surface area contributed by atoms with Crippen molar-refractivity contribution in [1.29, 1.82) is 0 Å². The highest BCUT2D eigenvalue weighted by molar-refractivity contribution is 8.05. The maximum atomic E-state index is 5.81. The minimum absolute atomic E-state index is 0.582. The number of nitrogens with two attached hydrogens (primary N) is 1. The van der Waals surface area contributed by atoms with Gasteiger partial charge in [-0.05, 0) is 40.3 Å². The van der Waals surface area contributed by atoms with Crippen molar-refractivity contribution in [3.05, 3.63) is 93.8 Å². The van der Waals surface area contributed by atoms with Gasteiger partial charge in [-0.1, -0.05) is 73.7 Å². The van der Waals surface area contributed by atoms with E-state index in [1.807, 2.05) is 5.41 Å². The Morgan fingerprint density at radius 2 is 1.77 bits per heavy atom. The van der Waals surface area contributed by atoms with Crippen LogP contribution in [-0.2, 0) is 19.6 Å². The average molecular weight is 367 g/mol. The fourth-order valence-electron chi connectivity index (χ4n) is 2.94. The number of allylic oxidation sites excluding steroid dienone is 1. The molecule has 0 atom stereocenters. The van der Waals surface area contributed by atoms with Gasteiger partial charge in [-0.2, -0.15) is 0 Å². The topological polar surface area (TPSA) is 29.3 Å². The molecule has 0 spiro atoms. The highest BCUT2D eigenvalue weighted by Crippen LogP contribution is 2.21. The van der Waals surface area contributed by atoms with Gasteiger partial charge in [-0.3, -0.25) is 4.90 Å². The van der Waals surface area contributed by atoms with Crippen molar-refractivity contribution >= 4 is 11.8 Å². The second kappa shape index (κ2) is 11.0. The number of nitrogens with zero attached hydrogens (tertiary/aromatic N) is 1. The van der Waals surface area contributed by atoms with Gasteiger partial charge in [0.1, 0.15) is 0 Å². The predicted octanol–water partition coefficient (Wildman–Crippen LogP) is 5.63.